The van der Waals surface area contributed by atoms with Crippen molar-refractivity contribution in [3.8, 4) is 0 Å². The summed E-state index contributed by atoms with van der Waals surface area (Å²) in [5.74, 6) is 0.394. The van der Waals surface area contributed by atoms with Crippen molar-refractivity contribution in [2.24, 2.45) is 7.05 Å². The monoisotopic (exact) mass is 261 g/mol. The molecule has 0 unspecified atom stereocenters. The van der Waals surface area contributed by atoms with Gasteiger partial charge in [-0.25, -0.2) is 4.68 Å². The van der Waals surface area contributed by atoms with Gasteiger partial charge < -0.3 is 5.32 Å². The molecule has 0 saturated heterocycles. The summed E-state index contributed by atoms with van der Waals surface area (Å²) in [7, 11) is 1.67. The Labute approximate surface area is 110 Å². The molecule has 0 aliphatic heterocycles. The van der Waals surface area contributed by atoms with E-state index in [9.17, 15) is 10.1 Å². The van der Waals surface area contributed by atoms with Gasteiger partial charge in [-0.2, -0.15) is 5.10 Å². The predicted octanol–water partition coefficient (Wildman–Crippen LogP) is 1.95. The molecular weight excluding hydrogens is 246 g/mol. The molecule has 2 aromatic heterocycles. The first-order chi connectivity index (χ1) is 8.99. The average Bonchev–Trinajstić information content (AvgIpc) is 2.61. The standard InChI is InChI=1S/C12H15N5O2/c1-8-5-4-6-10(14-8)7-13-12-11(17(18)19)9(2)15-16(12)3/h4-6,13H,7H2,1-3H3. The van der Waals surface area contributed by atoms with Crippen molar-refractivity contribution in [2.45, 2.75) is 20.4 Å². The topological polar surface area (TPSA) is 85.9 Å². The van der Waals surface area contributed by atoms with Crippen LogP contribution in [0.2, 0.25) is 0 Å². The molecule has 0 fully saturated rings. The molecule has 0 aliphatic carbocycles. The Kier molecular flexibility index (Phi) is 3.46. The number of aryl methyl sites for hydroxylation is 3. The van der Waals surface area contributed by atoms with Gasteiger partial charge in [-0.05, 0) is 26.0 Å². The Balaban J connectivity index is 2.22. The number of pyridine rings is 1. The van der Waals surface area contributed by atoms with Crippen molar-refractivity contribution in [1.82, 2.24) is 14.8 Å². The number of hydrogen-bond acceptors (Lipinski definition) is 5. The molecule has 7 nitrogen and oxygen atoms in total. The van der Waals surface area contributed by atoms with Crippen LogP contribution >= 0.6 is 0 Å². The van der Waals surface area contributed by atoms with E-state index in [0.29, 0.717) is 18.1 Å². The van der Waals surface area contributed by atoms with Crippen LogP contribution in [-0.4, -0.2) is 19.7 Å². The van der Waals surface area contributed by atoms with Gasteiger partial charge in [-0.15, -0.1) is 0 Å². The highest BCUT2D eigenvalue weighted by molar-refractivity contribution is 5.59. The highest BCUT2D eigenvalue weighted by Crippen LogP contribution is 2.27. The normalized spacial score (nSPS) is 10.5. The summed E-state index contributed by atoms with van der Waals surface area (Å²) in [5.41, 5.74) is 2.14. The second kappa shape index (κ2) is 5.05. The van der Waals surface area contributed by atoms with Crippen molar-refractivity contribution in [1.29, 1.82) is 0 Å². The molecular formula is C12H15N5O2. The second-order valence-corrected chi connectivity index (χ2v) is 4.29. The first kappa shape index (κ1) is 13.0. The minimum atomic E-state index is -0.422. The molecule has 0 atom stereocenters. The summed E-state index contributed by atoms with van der Waals surface area (Å²) in [5, 5.41) is 18.1. The number of rotatable bonds is 4. The van der Waals surface area contributed by atoms with Gasteiger partial charge in [-0.3, -0.25) is 15.1 Å². The molecule has 2 rings (SSSR count). The largest absolute Gasteiger partial charge is 0.359 e. The van der Waals surface area contributed by atoms with Crippen LogP contribution in [0.15, 0.2) is 18.2 Å². The second-order valence-electron chi connectivity index (χ2n) is 4.29. The van der Waals surface area contributed by atoms with E-state index in [-0.39, 0.29) is 5.69 Å². The van der Waals surface area contributed by atoms with Crippen molar-refractivity contribution in [2.75, 3.05) is 5.32 Å². The molecule has 1 N–H and O–H groups in total. The van der Waals surface area contributed by atoms with Crippen LogP contribution < -0.4 is 5.32 Å². The van der Waals surface area contributed by atoms with Gasteiger partial charge in [0.05, 0.1) is 17.2 Å². The highest BCUT2D eigenvalue weighted by Gasteiger charge is 2.23. The molecule has 100 valence electrons. The van der Waals surface area contributed by atoms with E-state index in [1.54, 1.807) is 14.0 Å². The van der Waals surface area contributed by atoms with E-state index >= 15 is 0 Å². The minimum absolute atomic E-state index is 0.00940. The molecule has 0 aliphatic rings. The van der Waals surface area contributed by atoms with Crippen LogP contribution in [0, 0.1) is 24.0 Å². The smallest absolute Gasteiger partial charge is 0.333 e. The fourth-order valence-corrected chi connectivity index (χ4v) is 1.94. The Morgan fingerprint density at radius 2 is 2.16 bits per heavy atom. The highest BCUT2D eigenvalue weighted by atomic mass is 16.6. The zero-order valence-electron chi connectivity index (χ0n) is 11.0. The van der Waals surface area contributed by atoms with E-state index < -0.39 is 4.92 Å². The third-order valence-corrected chi connectivity index (χ3v) is 2.76. The number of hydrogen-bond donors (Lipinski definition) is 1. The third kappa shape index (κ3) is 2.70. The van der Waals surface area contributed by atoms with Crippen LogP contribution in [0.3, 0.4) is 0 Å². The van der Waals surface area contributed by atoms with Crippen molar-refractivity contribution >= 4 is 11.5 Å². The summed E-state index contributed by atoms with van der Waals surface area (Å²) in [6.07, 6.45) is 0. The Morgan fingerprint density at radius 1 is 1.42 bits per heavy atom. The fourth-order valence-electron chi connectivity index (χ4n) is 1.94. The maximum atomic E-state index is 11.0. The molecule has 0 saturated carbocycles. The lowest BCUT2D eigenvalue weighted by atomic mass is 10.3. The molecule has 7 heteroatoms. The van der Waals surface area contributed by atoms with Crippen LogP contribution in [0.5, 0.6) is 0 Å². The maximum absolute atomic E-state index is 11.0. The SMILES string of the molecule is Cc1cccc(CNc2c([N+](=O)[O-])c(C)nn2C)n1. The minimum Gasteiger partial charge on any atom is -0.359 e. The fraction of sp³-hybridized carbons (Fsp3) is 0.333. The predicted molar refractivity (Wildman–Crippen MR) is 70.9 cm³/mol. The van der Waals surface area contributed by atoms with Gasteiger partial charge in [0, 0.05) is 12.7 Å². The summed E-state index contributed by atoms with van der Waals surface area (Å²) < 4.78 is 1.48. The van der Waals surface area contributed by atoms with Crippen molar-refractivity contribution < 1.29 is 4.92 Å². The van der Waals surface area contributed by atoms with Crippen LogP contribution in [0.25, 0.3) is 0 Å². The lowest BCUT2D eigenvalue weighted by Crippen LogP contribution is -2.07. The summed E-state index contributed by atoms with van der Waals surface area (Å²) in [6, 6.07) is 5.68. The van der Waals surface area contributed by atoms with Gasteiger partial charge in [0.15, 0.2) is 0 Å². The van der Waals surface area contributed by atoms with E-state index in [1.807, 2.05) is 25.1 Å². The van der Waals surface area contributed by atoms with E-state index in [2.05, 4.69) is 15.4 Å². The zero-order valence-corrected chi connectivity index (χ0v) is 11.0. The third-order valence-electron chi connectivity index (χ3n) is 2.76. The number of anilines is 1. The summed E-state index contributed by atoms with van der Waals surface area (Å²) >= 11 is 0. The van der Waals surface area contributed by atoms with E-state index in [0.717, 1.165) is 11.4 Å². The van der Waals surface area contributed by atoms with Crippen molar-refractivity contribution in [3.63, 3.8) is 0 Å². The molecule has 2 heterocycles. The van der Waals surface area contributed by atoms with E-state index in [1.165, 1.54) is 4.68 Å². The van der Waals surface area contributed by atoms with Crippen LogP contribution in [-0.2, 0) is 13.6 Å². The van der Waals surface area contributed by atoms with Gasteiger partial charge >= 0.3 is 5.69 Å². The molecule has 0 spiro atoms. The molecule has 19 heavy (non-hydrogen) atoms. The Hall–Kier alpha value is -2.44. The van der Waals surface area contributed by atoms with Gasteiger partial charge in [-0.1, -0.05) is 6.07 Å². The number of nitro groups is 1. The number of nitrogens with zero attached hydrogens (tertiary/aromatic N) is 4. The van der Waals surface area contributed by atoms with Crippen LogP contribution in [0.4, 0.5) is 11.5 Å². The summed E-state index contributed by atoms with van der Waals surface area (Å²) in [4.78, 5) is 14.9. The number of aromatic nitrogens is 3. The summed E-state index contributed by atoms with van der Waals surface area (Å²) in [6.45, 7) is 3.94. The molecule has 0 bridgehead atoms. The lowest BCUT2D eigenvalue weighted by molar-refractivity contribution is -0.384. The first-order valence-corrected chi connectivity index (χ1v) is 5.83. The van der Waals surface area contributed by atoms with Gasteiger partial charge in [0.1, 0.15) is 5.69 Å². The maximum Gasteiger partial charge on any atom is 0.333 e. The average molecular weight is 261 g/mol. The Bertz CT molecular complexity index is 621. The Morgan fingerprint density at radius 3 is 2.79 bits per heavy atom. The lowest BCUT2D eigenvalue weighted by Gasteiger charge is -2.06. The quantitative estimate of drug-likeness (QED) is 0.671. The molecule has 0 radical (unpaired) electrons. The first-order valence-electron chi connectivity index (χ1n) is 5.83. The number of nitrogens with one attached hydrogen (secondary N) is 1. The molecule has 0 aromatic carbocycles. The molecule has 0 amide bonds. The van der Waals surface area contributed by atoms with E-state index in [4.69, 9.17) is 0 Å². The molecule has 2 aromatic rings. The zero-order chi connectivity index (χ0) is 14.0. The van der Waals surface area contributed by atoms with Gasteiger partial charge in [0.25, 0.3) is 0 Å². The van der Waals surface area contributed by atoms with Gasteiger partial charge in [0.2, 0.25) is 5.82 Å². The van der Waals surface area contributed by atoms with Crippen LogP contribution in [0.1, 0.15) is 17.1 Å². The van der Waals surface area contributed by atoms with Crippen molar-refractivity contribution in [3.05, 3.63) is 45.4 Å².